The smallest absolute Gasteiger partial charge is 0.407 e. The van der Waals surface area contributed by atoms with Gasteiger partial charge in [0.1, 0.15) is 5.60 Å². The molecule has 0 aromatic carbocycles. The highest BCUT2D eigenvalue weighted by atomic mass is 19.3. The summed E-state index contributed by atoms with van der Waals surface area (Å²) in [5.41, 5.74) is -0.679. The quantitative estimate of drug-likeness (QED) is 0.781. The molecule has 21 heavy (non-hydrogen) atoms. The fraction of sp³-hybridized carbons (Fsp3) is 0.846. The van der Waals surface area contributed by atoms with Crippen molar-refractivity contribution in [3.8, 4) is 0 Å². The topological polar surface area (TPSA) is 70.1 Å². The van der Waals surface area contributed by atoms with Crippen molar-refractivity contribution in [2.24, 2.45) is 0 Å². The van der Waals surface area contributed by atoms with E-state index in [1.54, 1.807) is 20.8 Å². The second-order valence-electron chi connectivity index (χ2n) is 6.53. The lowest BCUT2D eigenvalue weighted by molar-refractivity contribution is -0.157. The van der Waals surface area contributed by atoms with Crippen molar-refractivity contribution < 1.29 is 28.2 Å². The van der Waals surface area contributed by atoms with Crippen molar-refractivity contribution in [3.63, 3.8) is 0 Å². The number of carbonyl (C=O) groups excluding carboxylic acids is 1. The number of alkyl halides is 2. The molecule has 1 amide bonds. The van der Waals surface area contributed by atoms with Crippen molar-refractivity contribution in [3.05, 3.63) is 0 Å². The van der Waals surface area contributed by atoms with Crippen LogP contribution in [0.15, 0.2) is 0 Å². The number of hydrogen-bond donors (Lipinski definition) is 1. The maximum atomic E-state index is 14.0. The molecule has 2 rings (SSSR count). The normalized spacial score (nSPS) is 28.5. The number of halogens is 2. The number of hydrogen-bond acceptors (Lipinski definition) is 4. The number of amides is 1. The molecule has 2 aliphatic heterocycles. The van der Waals surface area contributed by atoms with Crippen LogP contribution in [-0.2, 0) is 9.53 Å². The van der Waals surface area contributed by atoms with Crippen LogP contribution in [0.25, 0.3) is 0 Å². The van der Waals surface area contributed by atoms with Gasteiger partial charge in [-0.2, -0.15) is 0 Å². The second-order valence-corrected chi connectivity index (χ2v) is 6.53. The number of fused-ring (bicyclic) bond motifs is 1. The summed E-state index contributed by atoms with van der Waals surface area (Å²) in [5, 5.41) is 9.00. The van der Waals surface area contributed by atoms with Crippen LogP contribution in [0.1, 0.15) is 27.2 Å². The van der Waals surface area contributed by atoms with E-state index >= 15 is 0 Å². The Kier molecular flexibility index (Phi) is 3.86. The fourth-order valence-corrected chi connectivity index (χ4v) is 3.08. The van der Waals surface area contributed by atoms with E-state index in [0.29, 0.717) is 6.42 Å². The molecular formula is C13H20F2N2O4. The minimum Gasteiger partial charge on any atom is -0.465 e. The molecule has 2 atom stereocenters. The Bertz CT molecular complexity index is 450. The zero-order chi connectivity index (χ0) is 16.0. The van der Waals surface area contributed by atoms with E-state index in [0.717, 1.165) is 4.90 Å². The molecule has 120 valence electrons. The van der Waals surface area contributed by atoms with Crippen LogP contribution in [0, 0.1) is 0 Å². The monoisotopic (exact) mass is 306 g/mol. The van der Waals surface area contributed by atoms with Crippen LogP contribution in [0.3, 0.4) is 0 Å². The lowest BCUT2D eigenvalue weighted by Gasteiger charge is -2.28. The molecule has 2 unspecified atom stereocenters. The van der Waals surface area contributed by atoms with E-state index in [2.05, 4.69) is 0 Å². The average Bonchev–Trinajstić information content (AvgIpc) is 2.77. The van der Waals surface area contributed by atoms with Gasteiger partial charge in [0.15, 0.2) is 0 Å². The van der Waals surface area contributed by atoms with E-state index < -0.39 is 42.2 Å². The largest absolute Gasteiger partial charge is 0.465 e. The molecule has 1 N–H and O–H groups in total. The lowest BCUT2D eigenvalue weighted by Crippen LogP contribution is -2.48. The van der Waals surface area contributed by atoms with Gasteiger partial charge in [0.05, 0.1) is 25.2 Å². The predicted molar refractivity (Wildman–Crippen MR) is 69.3 cm³/mol. The number of rotatable bonds is 2. The molecule has 2 saturated heterocycles. The van der Waals surface area contributed by atoms with E-state index in [1.807, 2.05) is 0 Å². The Morgan fingerprint density at radius 1 is 1.38 bits per heavy atom. The third-order valence-corrected chi connectivity index (χ3v) is 3.68. The van der Waals surface area contributed by atoms with Gasteiger partial charge in [-0.05, 0) is 27.2 Å². The van der Waals surface area contributed by atoms with Crippen LogP contribution in [0.4, 0.5) is 13.6 Å². The van der Waals surface area contributed by atoms with Crippen LogP contribution in [-0.4, -0.2) is 70.2 Å². The first-order valence-electron chi connectivity index (χ1n) is 6.84. The number of carbonyl (C=O) groups is 2. The number of nitrogens with zero attached hydrogens (tertiary/aromatic N) is 2. The summed E-state index contributed by atoms with van der Waals surface area (Å²) in [6.07, 6.45) is -1.05. The lowest BCUT2D eigenvalue weighted by atomic mass is 10.1. The summed E-state index contributed by atoms with van der Waals surface area (Å²) in [6, 6.07) is -2.01. The average molecular weight is 306 g/mol. The molecule has 0 spiro atoms. The summed E-state index contributed by atoms with van der Waals surface area (Å²) in [4.78, 5) is 24.9. The number of esters is 1. The molecule has 0 radical (unpaired) electrons. The van der Waals surface area contributed by atoms with Crippen LogP contribution in [0.5, 0.6) is 0 Å². The predicted octanol–water partition coefficient (Wildman–Crippen LogP) is 1.40. The van der Waals surface area contributed by atoms with Crippen LogP contribution >= 0.6 is 0 Å². The number of carboxylic acid groups (broad SMARTS) is 1. The van der Waals surface area contributed by atoms with Gasteiger partial charge in [0, 0.05) is 6.54 Å². The molecule has 0 bridgehead atoms. The fourth-order valence-electron chi connectivity index (χ4n) is 3.08. The molecule has 0 aromatic rings. The minimum atomic E-state index is -3.15. The number of ether oxygens (including phenoxy) is 1. The Hall–Kier alpha value is -1.44. The molecule has 2 fully saturated rings. The van der Waals surface area contributed by atoms with E-state index in [-0.39, 0.29) is 13.1 Å². The summed E-state index contributed by atoms with van der Waals surface area (Å²) < 4.78 is 33.2. The van der Waals surface area contributed by atoms with E-state index in [4.69, 9.17) is 9.84 Å². The molecular weight excluding hydrogens is 286 g/mol. The first-order valence-corrected chi connectivity index (χ1v) is 6.84. The van der Waals surface area contributed by atoms with Gasteiger partial charge in [0.2, 0.25) is 0 Å². The maximum absolute atomic E-state index is 14.0. The van der Waals surface area contributed by atoms with Gasteiger partial charge in [-0.3, -0.25) is 14.6 Å². The van der Waals surface area contributed by atoms with E-state index in [1.165, 1.54) is 4.90 Å². The van der Waals surface area contributed by atoms with Crippen molar-refractivity contribution in [2.75, 3.05) is 19.6 Å². The summed E-state index contributed by atoms with van der Waals surface area (Å²) in [7, 11) is 0. The highest BCUT2D eigenvalue weighted by molar-refractivity contribution is 5.72. The third-order valence-electron chi connectivity index (χ3n) is 3.68. The van der Waals surface area contributed by atoms with Gasteiger partial charge in [-0.25, -0.2) is 13.6 Å². The summed E-state index contributed by atoms with van der Waals surface area (Å²) in [6.45, 7) is 4.30. The maximum Gasteiger partial charge on any atom is 0.407 e. The van der Waals surface area contributed by atoms with Crippen LogP contribution in [0.2, 0.25) is 0 Å². The first-order chi connectivity index (χ1) is 9.51. The minimum absolute atomic E-state index is 0.249. The third kappa shape index (κ3) is 3.25. The Labute approximate surface area is 121 Å². The standard InChI is InChI=1S/C13H20F2N2O4/c1-12(2,3)21-9(18)6-16-5-4-8-10(16)13(14,15)7-17(8)11(19)20/h8,10H,4-7H2,1-3H3,(H,19,20). The molecule has 2 heterocycles. The molecule has 2 aliphatic rings. The van der Waals surface area contributed by atoms with E-state index in [9.17, 15) is 18.4 Å². The van der Waals surface area contributed by atoms with Crippen molar-refractivity contribution in [1.29, 1.82) is 0 Å². The molecule has 0 aromatic heterocycles. The first kappa shape index (κ1) is 15.9. The Morgan fingerprint density at radius 3 is 2.52 bits per heavy atom. The summed E-state index contributed by atoms with van der Waals surface area (Å²) in [5.74, 6) is -3.73. The zero-order valence-electron chi connectivity index (χ0n) is 12.3. The Balaban J connectivity index is 2.07. The van der Waals surface area contributed by atoms with Gasteiger partial charge in [-0.15, -0.1) is 0 Å². The highest BCUT2D eigenvalue weighted by Gasteiger charge is 2.61. The van der Waals surface area contributed by atoms with Crippen LogP contribution < -0.4 is 0 Å². The highest BCUT2D eigenvalue weighted by Crippen LogP contribution is 2.41. The number of likely N-dealkylation sites (tertiary alicyclic amines) is 2. The zero-order valence-corrected chi connectivity index (χ0v) is 12.3. The van der Waals surface area contributed by atoms with Gasteiger partial charge in [-0.1, -0.05) is 0 Å². The second kappa shape index (κ2) is 5.08. The van der Waals surface area contributed by atoms with Crippen molar-refractivity contribution in [2.45, 2.75) is 50.8 Å². The Morgan fingerprint density at radius 2 is 2.00 bits per heavy atom. The molecule has 0 saturated carbocycles. The SMILES string of the molecule is CC(C)(C)OC(=O)CN1CCC2C1C(F)(F)CN2C(=O)O. The summed E-state index contributed by atoms with van der Waals surface area (Å²) >= 11 is 0. The van der Waals surface area contributed by atoms with Gasteiger partial charge >= 0.3 is 12.1 Å². The van der Waals surface area contributed by atoms with Crippen molar-refractivity contribution in [1.82, 2.24) is 9.80 Å². The molecule has 8 heteroatoms. The molecule has 6 nitrogen and oxygen atoms in total. The van der Waals surface area contributed by atoms with Crippen molar-refractivity contribution >= 4 is 12.1 Å². The van der Waals surface area contributed by atoms with Gasteiger partial charge < -0.3 is 9.84 Å². The van der Waals surface area contributed by atoms with Gasteiger partial charge in [0.25, 0.3) is 5.92 Å². The molecule has 0 aliphatic carbocycles.